The van der Waals surface area contributed by atoms with Crippen LogP contribution in [0.5, 0.6) is 17.2 Å². The van der Waals surface area contributed by atoms with Crippen molar-refractivity contribution in [3.63, 3.8) is 0 Å². The van der Waals surface area contributed by atoms with Gasteiger partial charge in [0.2, 0.25) is 5.75 Å². The number of methoxy groups -OCH3 is 3. The number of rotatable bonds is 6. The Bertz CT molecular complexity index is 706. The highest BCUT2D eigenvalue weighted by atomic mass is 16.5. The molecule has 148 valence electrons. The molecule has 0 radical (unpaired) electrons. The van der Waals surface area contributed by atoms with E-state index in [1.807, 2.05) is 12.1 Å². The zero-order valence-electron chi connectivity index (χ0n) is 17.4. The lowest BCUT2D eigenvalue weighted by molar-refractivity contribution is -0.612. The van der Waals surface area contributed by atoms with E-state index in [0.717, 1.165) is 18.5 Å². The Balaban J connectivity index is 1.85. The highest BCUT2D eigenvalue weighted by Gasteiger charge is 2.36. The van der Waals surface area contributed by atoms with Crippen LogP contribution in [-0.4, -0.2) is 55.6 Å². The van der Waals surface area contributed by atoms with Gasteiger partial charge < -0.3 is 19.1 Å². The molecule has 0 bridgehead atoms. The molecule has 1 aromatic carbocycles. The van der Waals surface area contributed by atoms with E-state index in [1.165, 1.54) is 38.0 Å². The van der Waals surface area contributed by atoms with Gasteiger partial charge in [-0.15, -0.1) is 0 Å². The van der Waals surface area contributed by atoms with Gasteiger partial charge >= 0.3 is 0 Å². The fourth-order valence-electron chi connectivity index (χ4n) is 4.07. The zero-order valence-corrected chi connectivity index (χ0v) is 17.4. The molecule has 0 unspecified atom stereocenters. The van der Waals surface area contributed by atoms with Crippen molar-refractivity contribution in [3.8, 4) is 17.2 Å². The molecule has 1 aromatic rings. The van der Waals surface area contributed by atoms with E-state index in [1.54, 1.807) is 21.3 Å². The van der Waals surface area contributed by atoms with Gasteiger partial charge in [0.25, 0.3) is 0 Å². The summed E-state index contributed by atoms with van der Waals surface area (Å²) in [7, 11) is 4.95. The van der Waals surface area contributed by atoms with E-state index in [9.17, 15) is 0 Å². The Morgan fingerprint density at radius 2 is 1.59 bits per heavy atom. The van der Waals surface area contributed by atoms with Crippen LogP contribution in [0.3, 0.4) is 0 Å². The molecule has 2 aliphatic heterocycles. The van der Waals surface area contributed by atoms with Crippen molar-refractivity contribution >= 4 is 6.21 Å². The van der Waals surface area contributed by atoms with Gasteiger partial charge in [0.05, 0.1) is 27.8 Å². The van der Waals surface area contributed by atoms with Gasteiger partial charge in [-0.3, -0.25) is 0 Å². The molecular formula is C22H33N2O3+. The monoisotopic (exact) mass is 373 g/mol. The second-order valence-electron chi connectivity index (χ2n) is 8.01. The Morgan fingerprint density at radius 1 is 0.963 bits per heavy atom. The number of likely N-dealkylation sites (tertiary alicyclic amines) is 1. The predicted octanol–water partition coefficient (Wildman–Crippen LogP) is 3.85. The van der Waals surface area contributed by atoms with Crippen molar-refractivity contribution < 1.29 is 18.8 Å². The van der Waals surface area contributed by atoms with Crippen LogP contribution < -0.4 is 14.2 Å². The van der Waals surface area contributed by atoms with Crippen LogP contribution in [0.1, 0.15) is 45.1 Å². The molecule has 0 saturated carbocycles. The minimum atomic E-state index is 0.0575. The van der Waals surface area contributed by atoms with Crippen molar-refractivity contribution in [1.82, 2.24) is 4.90 Å². The fraction of sp³-hybridized carbons (Fsp3) is 0.591. The second kappa shape index (κ2) is 8.24. The quantitative estimate of drug-likeness (QED) is 0.710. The van der Waals surface area contributed by atoms with E-state index >= 15 is 0 Å². The Morgan fingerprint density at radius 3 is 2.11 bits per heavy atom. The summed E-state index contributed by atoms with van der Waals surface area (Å²) in [5.41, 5.74) is 2.67. The van der Waals surface area contributed by atoms with Gasteiger partial charge in [-0.05, 0) is 31.4 Å². The number of benzene rings is 1. The molecule has 0 atom stereocenters. The Labute approximate surface area is 163 Å². The van der Waals surface area contributed by atoms with Crippen LogP contribution in [0, 0.1) is 0 Å². The van der Waals surface area contributed by atoms with Gasteiger partial charge in [-0.25, -0.2) is 4.58 Å². The molecule has 0 amide bonds. The molecule has 0 spiro atoms. The lowest BCUT2D eigenvalue weighted by atomic mass is 9.92. The molecule has 2 aliphatic rings. The van der Waals surface area contributed by atoms with Gasteiger partial charge in [0.1, 0.15) is 0 Å². The first-order valence-corrected chi connectivity index (χ1v) is 9.83. The third-order valence-electron chi connectivity index (χ3n) is 5.68. The van der Waals surface area contributed by atoms with Crippen molar-refractivity contribution in [2.45, 2.75) is 51.6 Å². The van der Waals surface area contributed by atoms with Crippen molar-refractivity contribution in [2.75, 3.05) is 34.4 Å². The lowest BCUT2D eigenvalue weighted by Gasteiger charge is -2.36. The fourth-order valence-corrected chi connectivity index (χ4v) is 4.07. The van der Waals surface area contributed by atoms with Gasteiger partial charge in [0, 0.05) is 44.3 Å². The number of hydrogen-bond donors (Lipinski definition) is 0. The van der Waals surface area contributed by atoms with Crippen molar-refractivity contribution in [2.24, 2.45) is 0 Å². The molecule has 27 heavy (non-hydrogen) atoms. The normalized spacial score (nSPS) is 19.2. The van der Waals surface area contributed by atoms with E-state index in [0.29, 0.717) is 17.2 Å². The summed E-state index contributed by atoms with van der Waals surface area (Å²) in [5, 5.41) is 0. The van der Waals surface area contributed by atoms with E-state index in [2.05, 4.69) is 35.6 Å². The Kier molecular flexibility index (Phi) is 5.98. The third-order valence-corrected chi connectivity index (χ3v) is 5.68. The first kappa shape index (κ1) is 19.6. The first-order valence-electron chi connectivity index (χ1n) is 9.83. The minimum absolute atomic E-state index is 0.0575. The third kappa shape index (κ3) is 4.23. The van der Waals surface area contributed by atoms with Crippen LogP contribution in [-0.2, 0) is 6.54 Å². The summed E-state index contributed by atoms with van der Waals surface area (Å²) >= 11 is 0. The second-order valence-corrected chi connectivity index (χ2v) is 8.01. The maximum atomic E-state index is 5.50. The Hall–Kier alpha value is -2.17. The summed E-state index contributed by atoms with van der Waals surface area (Å²) in [4.78, 5) is 2.57. The summed E-state index contributed by atoms with van der Waals surface area (Å²) in [6.07, 6.45) is 9.60. The molecule has 1 fully saturated rings. The van der Waals surface area contributed by atoms with Gasteiger partial charge in [-0.1, -0.05) is 0 Å². The van der Waals surface area contributed by atoms with Crippen LogP contribution in [0.2, 0.25) is 0 Å². The smallest absolute Gasteiger partial charge is 0.203 e. The van der Waals surface area contributed by atoms with Crippen molar-refractivity contribution in [3.05, 3.63) is 29.5 Å². The number of nitrogens with zero attached hydrogens (tertiary/aromatic N) is 2. The van der Waals surface area contributed by atoms with Gasteiger partial charge in [-0.2, -0.15) is 0 Å². The van der Waals surface area contributed by atoms with Crippen LogP contribution in [0.15, 0.2) is 23.9 Å². The topological polar surface area (TPSA) is 33.9 Å². The van der Waals surface area contributed by atoms with E-state index < -0.39 is 0 Å². The number of hydrogen-bond acceptors (Lipinski definition) is 4. The summed E-state index contributed by atoms with van der Waals surface area (Å²) in [5.74, 6) is 2.04. The largest absolute Gasteiger partial charge is 0.493 e. The SMILES string of the molecule is COc1cc(C[N+]2=CC=C(N3CCCCC3)CC2(C)C)cc(OC)c1OC. The number of piperidine rings is 1. The molecular weight excluding hydrogens is 340 g/mol. The first-order chi connectivity index (χ1) is 13.0. The average Bonchev–Trinajstić information content (AvgIpc) is 2.69. The summed E-state index contributed by atoms with van der Waals surface area (Å²) in [6.45, 7) is 7.83. The van der Waals surface area contributed by atoms with Crippen LogP contribution in [0.4, 0.5) is 0 Å². The number of allylic oxidation sites excluding steroid dienone is 1. The number of ether oxygens (including phenoxy) is 3. The zero-order chi connectivity index (χ0) is 19.4. The average molecular weight is 374 g/mol. The van der Waals surface area contributed by atoms with Crippen LogP contribution in [0.25, 0.3) is 0 Å². The minimum Gasteiger partial charge on any atom is -0.493 e. The maximum Gasteiger partial charge on any atom is 0.203 e. The molecule has 3 rings (SSSR count). The molecule has 0 aliphatic carbocycles. The molecule has 5 heteroatoms. The summed E-state index contributed by atoms with van der Waals surface area (Å²) in [6, 6.07) is 4.07. The standard InChI is InChI=1S/C22H33N2O3/c1-22(2)15-18(23-10-7-6-8-11-23)9-12-24(22)16-17-13-19(25-3)21(27-5)20(14-17)26-4/h9,12-14H,6-8,10-11,15-16H2,1-5H3/q+1. The predicted molar refractivity (Wildman–Crippen MR) is 108 cm³/mol. The highest BCUT2D eigenvalue weighted by molar-refractivity contribution is 5.68. The van der Waals surface area contributed by atoms with Gasteiger partial charge in [0.15, 0.2) is 29.8 Å². The van der Waals surface area contributed by atoms with Crippen LogP contribution >= 0.6 is 0 Å². The molecule has 1 saturated heterocycles. The molecule has 0 N–H and O–H groups in total. The van der Waals surface area contributed by atoms with E-state index in [-0.39, 0.29) is 5.54 Å². The highest BCUT2D eigenvalue weighted by Crippen LogP contribution is 2.39. The summed E-state index contributed by atoms with van der Waals surface area (Å²) < 4.78 is 18.9. The lowest BCUT2D eigenvalue weighted by Crippen LogP contribution is -2.43. The maximum absolute atomic E-state index is 5.50. The van der Waals surface area contributed by atoms with E-state index in [4.69, 9.17) is 14.2 Å². The molecule has 5 nitrogen and oxygen atoms in total. The van der Waals surface area contributed by atoms with Crippen molar-refractivity contribution in [1.29, 1.82) is 0 Å². The molecule has 0 aromatic heterocycles. The molecule has 2 heterocycles.